The molecule has 0 spiro atoms. The summed E-state index contributed by atoms with van der Waals surface area (Å²) in [5, 5.41) is 2.70. The van der Waals surface area contributed by atoms with E-state index in [-0.39, 0.29) is 11.8 Å². The maximum Gasteiger partial charge on any atom is 0.135 e. The molecule has 0 radical (unpaired) electrons. The van der Waals surface area contributed by atoms with Crippen molar-refractivity contribution >= 4 is 23.0 Å². The zero-order valence-corrected chi connectivity index (χ0v) is 11.9. The predicted molar refractivity (Wildman–Crippen MR) is 78.5 cm³/mol. The van der Waals surface area contributed by atoms with E-state index in [1.54, 1.807) is 6.92 Å². The van der Waals surface area contributed by atoms with Gasteiger partial charge in [0.1, 0.15) is 22.3 Å². The highest BCUT2D eigenvalue weighted by molar-refractivity contribution is 7.13. The van der Waals surface area contributed by atoms with Gasteiger partial charge >= 0.3 is 0 Å². The van der Waals surface area contributed by atoms with E-state index >= 15 is 0 Å². The fourth-order valence-electron chi connectivity index (χ4n) is 3.13. The Labute approximate surface area is 120 Å². The minimum atomic E-state index is -0.950. The van der Waals surface area contributed by atoms with Crippen molar-refractivity contribution < 1.29 is 4.39 Å². The van der Waals surface area contributed by atoms with Gasteiger partial charge in [-0.1, -0.05) is 0 Å². The van der Waals surface area contributed by atoms with Gasteiger partial charge in [0.05, 0.1) is 0 Å². The number of pyridine rings is 1. The van der Waals surface area contributed by atoms with Gasteiger partial charge in [-0.05, 0) is 19.1 Å². The second-order valence-corrected chi connectivity index (χ2v) is 6.61. The average molecular weight is 290 g/mol. The van der Waals surface area contributed by atoms with Crippen molar-refractivity contribution in [3.63, 3.8) is 0 Å². The Kier molecular flexibility index (Phi) is 2.36. The monoisotopic (exact) mass is 290 g/mol. The molecule has 1 aliphatic heterocycles. The zero-order valence-electron chi connectivity index (χ0n) is 11.1. The molecule has 6 heteroatoms. The molecule has 1 saturated heterocycles. The lowest BCUT2D eigenvalue weighted by molar-refractivity contribution is 0.281. The van der Waals surface area contributed by atoms with Crippen molar-refractivity contribution in [3.05, 3.63) is 23.7 Å². The van der Waals surface area contributed by atoms with Gasteiger partial charge in [-0.25, -0.2) is 14.4 Å². The van der Waals surface area contributed by atoms with Crippen LogP contribution in [0.15, 0.2) is 23.7 Å². The molecule has 3 heterocycles. The lowest BCUT2D eigenvalue weighted by atomic mass is 10.2. The highest BCUT2D eigenvalue weighted by Gasteiger charge is 2.66. The third-order valence-corrected chi connectivity index (χ3v) is 5.41. The molecule has 4 nitrogen and oxygen atoms in total. The Hall–Kier alpha value is -1.69. The van der Waals surface area contributed by atoms with Crippen LogP contribution in [0, 0.1) is 11.8 Å². The van der Waals surface area contributed by atoms with Crippen LogP contribution in [0.25, 0.3) is 10.6 Å². The molecule has 1 aliphatic carbocycles. The fourth-order valence-corrected chi connectivity index (χ4v) is 3.83. The Balaban J connectivity index is 1.52. The Morgan fingerprint density at radius 3 is 2.70 bits per heavy atom. The third-order valence-electron chi connectivity index (χ3n) is 4.50. The molecule has 20 heavy (non-hydrogen) atoms. The quantitative estimate of drug-likeness (QED) is 0.923. The molecule has 1 saturated carbocycles. The first-order valence-corrected chi connectivity index (χ1v) is 7.55. The number of thiazole rings is 1. The number of alkyl halides is 1. The Morgan fingerprint density at radius 2 is 2.15 bits per heavy atom. The SMILES string of the molecule is CC1(F)C2CN(c3ccc(-c4nc(N)cs4)cn3)CC21. The van der Waals surface area contributed by atoms with Crippen LogP contribution in [0.4, 0.5) is 16.0 Å². The topological polar surface area (TPSA) is 55.0 Å². The first-order chi connectivity index (χ1) is 9.55. The number of piperidine rings is 1. The summed E-state index contributed by atoms with van der Waals surface area (Å²) in [6, 6.07) is 3.98. The van der Waals surface area contributed by atoms with Crippen molar-refractivity contribution in [1.29, 1.82) is 0 Å². The van der Waals surface area contributed by atoms with Crippen LogP contribution in [-0.2, 0) is 0 Å². The van der Waals surface area contributed by atoms with Crippen molar-refractivity contribution in [1.82, 2.24) is 9.97 Å². The molecular formula is C14H15FN4S. The minimum absolute atomic E-state index is 0.183. The highest BCUT2D eigenvalue weighted by atomic mass is 32.1. The standard InChI is InChI=1S/C14H15FN4S/c1-14(15)9-5-19(6-10(9)14)12-3-2-8(4-17-12)13-18-11(16)7-20-13/h2-4,7,9-10H,5-6,16H2,1H3. The molecule has 0 bridgehead atoms. The van der Waals surface area contributed by atoms with Crippen LogP contribution >= 0.6 is 11.3 Å². The van der Waals surface area contributed by atoms with E-state index < -0.39 is 5.67 Å². The number of anilines is 2. The summed E-state index contributed by atoms with van der Waals surface area (Å²) in [7, 11) is 0. The largest absolute Gasteiger partial charge is 0.383 e. The number of hydrogen-bond acceptors (Lipinski definition) is 5. The van der Waals surface area contributed by atoms with Gasteiger partial charge in [-0.3, -0.25) is 0 Å². The molecule has 2 aromatic rings. The zero-order chi connectivity index (χ0) is 13.9. The molecule has 2 aromatic heterocycles. The maximum absolute atomic E-state index is 13.8. The molecule has 0 aromatic carbocycles. The van der Waals surface area contributed by atoms with Gasteiger partial charge in [-0.15, -0.1) is 11.3 Å². The normalized spacial score (nSPS) is 31.4. The smallest absolute Gasteiger partial charge is 0.135 e. The van der Waals surface area contributed by atoms with E-state index in [1.165, 1.54) is 11.3 Å². The molecule has 2 unspecified atom stereocenters. The Morgan fingerprint density at radius 1 is 1.40 bits per heavy atom. The molecule has 2 N–H and O–H groups in total. The second kappa shape index (κ2) is 3.91. The number of nitrogens with two attached hydrogens (primary N) is 1. The minimum Gasteiger partial charge on any atom is -0.383 e. The predicted octanol–water partition coefficient (Wildman–Crippen LogP) is 2.58. The number of hydrogen-bond donors (Lipinski definition) is 1. The van der Waals surface area contributed by atoms with Crippen LogP contribution in [0.1, 0.15) is 6.92 Å². The van der Waals surface area contributed by atoms with Gasteiger partial charge in [0.15, 0.2) is 0 Å². The number of nitrogens with zero attached hydrogens (tertiary/aromatic N) is 3. The van der Waals surface area contributed by atoms with Crippen LogP contribution < -0.4 is 10.6 Å². The van der Waals surface area contributed by atoms with Crippen molar-refractivity contribution in [2.45, 2.75) is 12.6 Å². The lowest BCUT2D eigenvalue weighted by Crippen LogP contribution is -2.28. The molecule has 0 amide bonds. The number of aromatic nitrogens is 2. The Bertz CT molecular complexity index is 637. The van der Waals surface area contributed by atoms with Crippen LogP contribution in [0.2, 0.25) is 0 Å². The summed E-state index contributed by atoms with van der Waals surface area (Å²) in [6.45, 7) is 3.26. The summed E-state index contributed by atoms with van der Waals surface area (Å²) < 4.78 is 13.8. The average Bonchev–Trinajstić information content (AvgIpc) is 2.90. The molecule has 2 fully saturated rings. The summed E-state index contributed by atoms with van der Waals surface area (Å²) in [5.74, 6) is 1.82. The number of nitrogen functional groups attached to an aromatic ring is 1. The van der Waals surface area contributed by atoms with Crippen molar-refractivity contribution in [2.24, 2.45) is 11.8 Å². The number of halogens is 1. The van der Waals surface area contributed by atoms with Crippen LogP contribution in [-0.4, -0.2) is 28.7 Å². The van der Waals surface area contributed by atoms with E-state index in [4.69, 9.17) is 5.73 Å². The molecule has 4 rings (SSSR count). The summed E-state index contributed by atoms with van der Waals surface area (Å²) in [4.78, 5) is 10.9. The van der Waals surface area contributed by atoms with E-state index in [2.05, 4.69) is 14.9 Å². The molecule has 2 aliphatic rings. The highest BCUT2D eigenvalue weighted by Crippen LogP contribution is 2.58. The maximum atomic E-state index is 13.8. The van der Waals surface area contributed by atoms with Gasteiger partial charge in [0.2, 0.25) is 0 Å². The van der Waals surface area contributed by atoms with Gasteiger partial charge in [0, 0.05) is 42.1 Å². The van der Waals surface area contributed by atoms with Gasteiger partial charge in [0.25, 0.3) is 0 Å². The van der Waals surface area contributed by atoms with Crippen molar-refractivity contribution in [3.8, 4) is 10.6 Å². The fraction of sp³-hybridized carbons (Fsp3) is 0.429. The first kappa shape index (κ1) is 12.1. The van der Waals surface area contributed by atoms with E-state index in [0.29, 0.717) is 5.82 Å². The van der Waals surface area contributed by atoms with Gasteiger partial charge in [-0.2, -0.15) is 0 Å². The van der Waals surface area contributed by atoms with Crippen LogP contribution in [0.3, 0.4) is 0 Å². The number of fused-ring (bicyclic) bond motifs is 1. The van der Waals surface area contributed by atoms with Crippen LogP contribution in [0.5, 0.6) is 0 Å². The lowest BCUT2D eigenvalue weighted by Gasteiger charge is -2.21. The van der Waals surface area contributed by atoms with Gasteiger partial charge < -0.3 is 10.6 Å². The molecule has 104 valence electrons. The summed E-state index contributed by atoms with van der Waals surface area (Å²) in [6.07, 6.45) is 1.81. The van der Waals surface area contributed by atoms with E-state index in [1.807, 2.05) is 23.7 Å². The number of rotatable bonds is 2. The van der Waals surface area contributed by atoms with Crippen molar-refractivity contribution in [2.75, 3.05) is 23.7 Å². The van der Waals surface area contributed by atoms with E-state index in [0.717, 1.165) is 29.5 Å². The van der Waals surface area contributed by atoms with E-state index in [9.17, 15) is 4.39 Å². The molecule has 2 atom stereocenters. The first-order valence-electron chi connectivity index (χ1n) is 6.67. The summed E-state index contributed by atoms with van der Waals surface area (Å²) >= 11 is 1.51. The molecular weight excluding hydrogens is 275 g/mol. The second-order valence-electron chi connectivity index (χ2n) is 5.75. The summed E-state index contributed by atoms with van der Waals surface area (Å²) in [5.41, 5.74) is 5.64. The third kappa shape index (κ3) is 1.71.